The molecular weight excluding hydrogens is 166 g/mol. The number of hydrogen-bond acceptors (Lipinski definition) is 3. The van der Waals surface area contributed by atoms with Crippen LogP contribution in [0.4, 0.5) is 0 Å². The lowest BCUT2D eigenvalue weighted by Crippen LogP contribution is -2.38. The Morgan fingerprint density at radius 3 is 1.69 bits per heavy atom. The molecule has 3 nitrogen and oxygen atoms in total. The molecule has 0 heterocycles. The zero-order chi connectivity index (χ0) is 10.2. The van der Waals surface area contributed by atoms with Crippen LogP contribution in [0.15, 0.2) is 0 Å². The van der Waals surface area contributed by atoms with Crippen molar-refractivity contribution in [2.75, 3.05) is 26.4 Å². The molecule has 3 heteroatoms. The summed E-state index contributed by atoms with van der Waals surface area (Å²) in [6, 6.07) is 0. The highest BCUT2D eigenvalue weighted by Crippen LogP contribution is 2.10. The van der Waals surface area contributed by atoms with Crippen LogP contribution in [-0.2, 0) is 9.47 Å². The van der Waals surface area contributed by atoms with E-state index in [1.54, 1.807) is 0 Å². The van der Waals surface area contributed by atoms with Crippen molar-refractivity contribution in [2.45, 2.75) is 39.2 Å². The SMILES string of the molecule is CCOCCC(C)(N)CCOCC. The van der Waals surface area contributed by atoms with E-state index in [9.17, 15) is 0 Å². The van der Waals surface area contributed by atoms with E-state index in [4.69, 9.17) is 15.2 Å². The van der Waals surface area contributed by atoms with Gasteiger partial charge in [0.25, 0.3) is 0 Å². The smallest absolute Gasteiger partial charge is 0.0483 e. The summed E-state index contributed by atoms with van der Waals surface area (Å²) in [6.45, 7) is 9.06. The predicted octanol–water partition coefficient (Wildman–Crippen LogP) is 1.56. The van der Waals surface area contributed by atoms with Crippen LogP contribution in [-0.4, -0.2) is 32.0 Å². The van der Waals surface area contributed by atoms with E-state index in [2.05, 4.69) is 0 Å². The van der Waals surface area contributed by atoms with Gasteiger partial charge >= 0.3 is 0 Å². The van der Waals surface area contributed by atoms with Gasteiger partial charge in [0, 0.05) is 32.0 Å². The molecule has 0 radical (unpaired) electrons. The Kier molecular flexibility index (Phi) is 7.23. The third kappa shape index (κ3) is 8.22. The molecule has 0 aliphatic rings. The van der Waals surface area contributed by atoms with E-state index in [0.717, 1.165) is 39.3 Å². The van der Waals surface area contributed by atoms with E-state index >= 15 is 0 Å². The van der Waals surface area contributed by atoms with Crippen LogP contribution < -0.4 is 5.73 Å². The lowest BCUT2D eigenvalue weighted by atomic mass is 9.96. The summed E-state index contributed by atoms with van der Waals surface area (Å²) in [6.07, 6.45) is 1.79. The van der Waals surface area contributed by atoms with Gasteiger partial charge in [0.05, 0.1) is 0 Å². The molecule has 80 valence electrons. The predicted molar refractivity (Wildman–Crippen MR) is 54.8 cm³/mol. The Hall–Kier alpha value is -0.120. The van der Waals surface area contributed by atoms with Gasteiger partial charge < -0.3 is 15.2 Å². The topological polar surface area (TPSA) is 44.5 Å². The maximum Gasteiger partial charge on any atom is 0.0483 e. The van der Waals surface area contributed by atoms with Crippen LogP contribution in [0.25, 0.3) is 0 Å². The van der Waals surface area contributed by atoms with E-state index in [1.807, 2.05) is 20.8 Å². The highest BCUT2D eigenvalue weighted by molar-refractivity contribution is 4.77. The molecule has 0 aromatic carbocycles. The molecule has 0 saturated carbocycles. The molecule has 0 aliphatic carbocycles. The average Bonchev–Trinajstić information content (AvgIpc) is 2.05. The molecule has 13 heavy (non-hydrogen) atoms. The van der Waals surface area contributed by atoms with Crippen molar-refractivity contribution in [3.63, 3.8) is 0 Å². The van der Waals surface area contributed by atoms with Crippen LogP contribution >= 0.6 is 0 Å². The van der Waals surface area contributed by atoms with Crippen LogP contribution in [0, 0.1) is 0 Å². The van der Waals surface area contributed by atoms with Crippen LogP contribution in [0.1, 0.15) is 33.6 Å². The molecule has 0 unspecified atom stereocenters. The second-order valence-electron chi connectivity index (χ2n) is 3.55. The fourth-order valence-electron chi connectivity index (χ4n) is 1.02. The highest BCUT2D eigenvalue weighted by atomic mass is 16.5. The number of rotatable bonds is 8. The Labute approximate surface area is 81.6 Å². The molecule has 0 spiro atoms. The summed E-state index contributed by atoms with van der Waals surface area (Å²) in [5, 5.41) is 0. The standard InChI is InChI=1S/C10H23NO2/c1-4-12-8-6-10(3,11)7-9-13-5-2/h4-9,11H2,1-3H3. The quantitative estimate of drug-likeness (QED) is 0.589. The fraction of sp³-hybridized carbons (Fsp3) is 1.00. The van der Waals surface area contributed by atoms with Crippen molar-refractivity contribution in [2.24, 2.45) is 5.73 Å². The Morgan fingerprint density at radius 1 is 1.00 bits per heavy atom. The lowest BCUT2D eigenvalue weighted by Gasteiger charge is -2.24. The first-order valence-electron chi connectivity index (χ1n) is 5.06. The van der Waals surface area contributed by atoms with Crippen molar-refractivity contribution in [1.82, 2.24) is 0 Å². The molecule has 0 aromatic rings. The summed E-state index contributed by atoms with van der Waals surface area (Å²) in [4.78, 5) is 0. The first kappa shape index (κ1) is 12.9. The van der Waals surface area contributed by atoms with Crippen LogP contribution in [0.3, 0.4) is 0 Å². The van der Waals surface area contributed by atoms with Gasteiger partial charge in [0.1, 0.15) is 0 Å². The van der Waals surface area contributed by atoms with Gasteiger partial charge in [0.15, 0.2) is 0 Å². The van der Waals surface area contributed by atoms with Crippen LogP contribution in [0.5, 0.6) is 0 Å². The van der Waals surface area contributed by atoms with E-state index < -0.39 is 0 Å². The van der Waals surface area contributed by atoms with Gasteiger partial charge in [-0.2, -0.15) is 0 Å². The van der Waals surface area contributed by atoms with E-state index in [0.29, 0.717) is 0 Å². The minimum Gasteiger partial charge on any atom is -0.382 e. The van der Waals surface area contributed by atoms with Crippen molar-refractivity contribution >= 4 is 0 Å². The lowest BCUT2D eigenvalue weighted by molar-refractivity contribution is 0.101. The Bertz CT molecular complexity index is 103. The monoisotopic (exact) mass is 189 g/mol. The second kappa shape index (κ2) is 7.30. The third-order valence-corrected chi connectivity index (χ3v) is 2.04. The van der Waals surface area contributed by atoms with E-state index in [1.165, 1.54) is 0 Å². The van der Waals surface area contributed by atoms with Crippen molar-refractivity contribution in [3.8, 4) is 0 Å². The number of hydrogen-bond donors (Lipinski definition) is 1. The molecule has 0 aromatic heterocycles. The zero-order valence-corrected chi connectivity index (χ0v) is 9.14. The molecule has 0 bridgehead atoms. The summed E-state index contributed by atoms with van der Waals surface area (Å²) >= 11 is 0. The number of nitrogens with two attached hydrogens (primary N) is 1. The molecular formula is C10H23NO2. The molecule has 0 amide bonds. The molecule has 2 N–H and O–H groups in total. The van der Waals surface area contributed by atoms with Gasteiger partial charge in [-0.25, -0.2) is 0 Å². The Balaban J connectivity index is 3.42. The van der Waals surface area contributed by atoms with Gasteiger partial charge in [-0.05, 0) is 33.6 Å². The summed E-state index contributed by atoms with van der Waals surface area (Å²) in [5.74, 6) is 0. The Morgan fingerprint density at radius 2 is 1.38 bits per heavy atom. The molecule has 0 rings (SSSR count). The van der Waals surface area contributed by atoms with Gasteiger partial charge in [-0.1, -0.05) is 0 Å². The maximum absolute atomic E-state index is 6.04. The summed E-state index contributed by atoms with van der Waals surface area (Å²) in [7, 11) is 0. The van der Waals surface area contributed by atoms with Gasteiger partial charge in [-0.3, -0.25) is 0 Å². The molecule has 0 saturated heterocycles. The average molecular weight is 189 g/mol. The summed E-state index contributed by atoms with van der Waals surface area (Å²) in [5.41, 5.74) is 5.89. The first-order chi connectivity index (χ1) is 6.12. The van der Waals surface area contributed by atoms with Crippen molar-refractivity contribution < 1.29 is 9.47 Å². The fourth-order valence-corrected chi connectivity index (χ4v) is 1.02. The third-order valence-electron chi connectivity index (χ3n) is 2.04. The zero-order valence-electron chi connectivity index (χ0n) is 9.14. The minimum absolute atomic E-state index is 0.148. The molecule has 0 fully saturated rings. The van der Waals surface area contributed by atoms with E-state index in [-0.39, 0.29) is 5.54 Å². The number of ether oxygens (including phenoxy) is 2. The second-order valence-corrected chi connectivity index (χ2v) is 3.55. The molecule has 0 aliphatic heterocycles. The summed E-state index contributed by atoms with van der Waals surface area (Å²) < 4.78 is 10.5. The van der Waals surface area contributed by atoms with Gasteiger partial charge in [0.2, 0.25) is 0 Å². The highest BCUT2D eigenvalue weighted by Gasteiger charge is 2.17. The molecule has 0 atom stereocenters. The maximum atomic E-state index is 6.04. The van der Waals surface area contributed by atoms with Crippen molar-refractivity contribution in [1.29, 1.82) is 0 Å². The first-order valence-corrected chi connectivity index (χ1v) is 5.06. The largest absolute Gasteiger partial charge is 0.382 e. The van der Waals surface area contributed by atoms with Crippen molar-refractivity contribution in [3.05, 3.63) is 0 Å². The van der Waals surface area contributed by atoms with Crippen LogP contribution in [0.2, 0.25) is 0 Å². The minimum atomic E-state index is -0.148. The van der Waals surface area contributed by atoms with Gasteiger partial charge in [-0.15, -0.1) is 0 Å². The normalized spacial score (nSPS) is 12.0.